The number of nitrogens with zero attached hydrogens (tertiary/aromatic N) is 1. The smallest absolute Gasteiger partial charge is 0.374 e. The van der Waals surface area contributed by atoms with Crippen LogP contribution in [0.3, 0.4) is 0 Å². The lowest BCUT2D eigenvalue weighted by Crippen LogP contribution is -2.62. The molecular weight excluding hydrogens is 466 g/mol. The maximum atomic E-state index is 15.1. The minimum Gasteiger partial charge on any atom is -0.374 e. The molecule has 1 aliphatic carbocycles. The number of aryl methyl sites for hydroxylation is 1. The summed E-state index contributed by atoms with van der Waals surface area (Å²) < 4.78 is 56.3. The highest BCUT2D eigenvalue weighted by molar-refractivity contribution is 9.10. The number of anilines is 1. The fourth-order valence-corrected chi connectivity index (χ4v) is 4.87. The Balaban J connectivity index is 1.75. The second kappa shape index (κ2) is 7.05. The van der Waals surface area contributed by atoms with Crippen LogP contribution >= 0.6 is 15.9 Å². The zero-order valence-electron chi connectivity index (χ0n) is 16.2. The summed E-state index contributed by atoms with van der Waals surface area (Å²) in [7, 11) is 0. The second-order valence-electron chi connectivity index (χ2n) is 8.01. The number of carbonyl (C=O) groups is 1. The molecule has 0 bridgehead atoms. The Kier molecular flexibility index (Phi) is 5.01. The van der Waals surface area contributed by atoms with Gasteiger partial charge in [0.2, 0.25) is 11.5 Å². The molecule has 0 radical (unpaired) electrons. The van der Waals surface area contributed by atoms with Crippen molar-refractivity contribution >= 4 is 27.5 Å². The van der Waals surface area contributed by atoms with Crippen LogP contribution in [0.1, 0.15) is 42.0 Å². The molecule has 4 rings (SSSR count). The molecule has 2 aliphatic rings. The molecule has 160 valence electrons. The molecule has 2 aromatic carbocycles. The van der Waals surface area contributed by atoms with Crippen LogP contribution in [0.25, 0.3) is 0 Å². The number of alkyl halides is 4. The van der Waals surface area contributed by atoms with Gasteiger partial charge in [-0.2, -0.15) is 13.2 Å². The van der Waals surface area contributed by atoms with Crippen molar-refractivity contribution in [3.63, 3.8) is 0 Å². The number of rotatable bonds is 2. The number of hydrogen-bond donors (Lipinski definition) is 1. The van der Waals surface area contributed by atoms with E-state index in [1.165, 1.54) is 17.0 Å². The van der Waals surface area contributed by atoms with Gasteiger partial charge in [-0.3, -0.25) is 4.79 Å². The standard InChI is InChI=1S/C22H20BrF4NO2/c1-20(24)15-12-18-14(10-16(15)21(20,30)22(25,26)27)7-4-5-9-28(18)19(29)11-13-6-2-3-8-17(13)23/h2-3,6,8,10,12,30H,4-5,7,9,11H2,1H3. The van der Waals surface area contributed by atoms with Gasteiger partial charge in [0.05, 0.1) is 6.42 Å². The maximum Gasteiger partial charge on any atom is 0.425 e. The van der Waals surface area contributed by atoms with Crippen molar-refractivity contribution in [2.75, 3.05) is 11.4 Å². The number of benzene rings is 2. The molecule has 0 fully saturated rings. The average Bonchev–Trinajstić information content (AvgIpc) is 2.89. The van der Waals surface area contributed by atoms with Crippen molar-refractivity contribution in [2.45, 2.75) is 50.1 Å². The third-order valence-electron chi connectivity index (χ3n) is 6.17. The molecule has 1 amide bonds. The Bertz CT molecular complexity index is 1020. The third-order valence-corrected chi connectivity index (χ3v) is 6.95. The van der Waals surface area contributed by atoms with Gasteiger partial charge in [-0.1, -0.05) is 34.1 Å². The molecule has 0 aromatic heterocycles. The number of hydrogen-bond acceptors (Lipinski definition) is 2. The monoisotopic (exact) mass is 485 g/mol. The van der Waals surface area contributed by atoms with Crippen molar-refractivity contribution in [1.29, 1.82) is 0 Å². The van der Waals surface area contributed by atoms with Crippen LogP contribution in [0.4, 0.5) is 23.2 Å². The lowest BCUT2D eigenvalue weighted by atomic mass is 9.61. The largest absolute Gasteiger partial charge is 0.425 e. The molecule has 1 N–H and O–H groups in total. The first-order valence-corrected chi connectivity index (χ1v) is 10.5. The van der Waals surface area contributed by atoms with Gasteiger partial charge in [0.25, 0.3) is 0 Å². The first kappa shape index (κ1) is 21.3. The van der Waals surface area contributed by atoms with Gasteiger partial charge in [0, 0.05) is 27.8 Å². The van der Waals surface area contributed by atoms with Crippen molar-refractivity contribution < 1.29 is 27.5 Å². The Morgan fingerprint density at radius 1 is 1.20 bits per heavy atom. The summed E-state index contributed by atoms with van der Waals surface area (Å²) >= 11 is 3.42. The highest BCUT2D eigenvalue weighted by Crippen LogP contribution is 2.63. The zero-order valence-corrected chi connectivity index (χ0v) is 17.8. The van der Waals surface area contributed by atoms with Crippen molar-refractivity contribution in [2.24, 2.45) is 0 Å². The fourth-order valence-electron chi connectivity index (χ4n) is 4.44. The maximum absolute atomic E-state index is 15.1. The normalized spacial score (nSPS) is 25.8. The number of amides is 1. The van der Waals surface area contributed by atoms with Crippen LogP contribution in [-0.2, 0) is 28.9 Å². The molecule has 2 atom stereocenters. The number of carbonyl (C=O) groups excluding carboxylic acids is 1. The second-order valence-corrected chi connectivity index (χ2v) is 8.86. The summed E-state index contributed by atoms with van der Waals surface area (Å²) in [5.41, 5.74) is -5.47. The first-order valence-electron chi connectivity index (χ1n) is 9.68. The Morgan fingerprint density at radius 3 is 2.57 bits per heavy atom. The minimum absolute atomic E-state index is 0.108. The van der Waals surface area contributed by atoms with Crippen LogP contribution in [0.2, 0.25) is 0 Å². The molecule has 8 heteroatoms. The van der Waals surface area contributed by atoms with Gasteiger partial charge in [0.15, 0.2) is 5.67 Å². The highest BCUT2D eigenvalue weighted by Gasteiger charge is 2.74. The lowest BCUT2D eigenvalue weighted by molar-refractivity contribution is -0.328. The fraction of sp³-hybridized carbons (Fsp3) is 0.409. The number of fused-ring (bicyclic) bond motifs is 2. The van der Waals surface area contributed by atoms with E-state index in [1.54, 1.807) is 0 Å². The van der Waals surface area contributed by atoms with Gasteiger partial charge in [-0.25, -0.2) is 4.39 Å². The van der Waals surface area contributed by atoms with Crippen LogP contribution in [0, 0.1) is 0 Å². The van der Waals surface area contributed by atoms with Gasteiger partial charge in [-0.05, 0) is 55.5 Å². The molecule has 1 heterocycles. The first-order chi connectivity index (χ1) is 14.0. The van der Waals surface area contributed by atoms with Crippen LogP contribution in [0.15, 0.2) is 40.9 Å². The van der Waals surface area contributed by atoms with E-state index in [2.05, 4.69) is 15.9 Å². The van der Waals surface area contributed by atoms with Crippen molar-refractivity contribution in [3.05, 3.63) is 63.1 Å². The summed E-state index contributed by atoms with van der Waals surface area (Å²) in [6.45, 7) is 1.14. The topological polar surface area (TPSA) is 40.5 Å². The molecule has 30 heavy (non-hydrogen) atoms. The Hall–Kier alpha value is -1.93. The molecule has 2 unspecified atom stereocenters. The summed E-state index contributed by atoms with van der Waals surface area (Å²) in [4.78, 5) is 14.6. The van der Waals surface area contributed by atoms with E-state index in [0.717, 1.165) is 17.0 Å². The van der Waals surface area contributed by atoms with Gasteiger partial charge < -0.3 is 10.0 Å². The average molecular weight is 486 g/mol. The Labute approximate surface area is 179 Å². The lowest BCUT2D eigenvalue weighted by Gasteiger charge is -2.51. The van der Waals surface area contributed by atoms with Crippen molar-refractivity contribution in [3.8, 4) is 0 Å². The predicted octanol–water partition coefficient (Wildman–Crippen LogP) is 5.31. The SMILES string of the molecule is CC1(F)c2cc3c(cc2C1(O)C(F)(F)F)CCCCN3C(=O)Cc1ccccc1Br. The summed E-state index contributed by atoms with van der Waals surface area (Å²) in [5, 5.41) is 10.2. The highest BCUT2D eigenvalue weighted by atomic mass is 79.9. The van der Waals surface area contributed by atoms with Crippen molar-refractivity contribution in [1.82, 2.24) is 0 Å². The van der Waals surface area contributed by atoms with E-state index in [9.17, 15) is 23.1 Å². The molecule has 3 nitrogen and oxygen atoms in total. The van der Waals surface area contributed by atoms with E-state index in [4.69, 9.17) is 0 Å². The van der Waals surface area contributed by atoms with E-state index in [0.29, 0.717) is 37.1 Å². The minimum atomic E-state index is -5.14. The summed E-state index contributed by atoms with van der Waals surface area (Å²) in [5.74, 6) is -0.212. The predicted molar refractivity (Wildman–Crippen MR) is 108 cm³/mol. The summed E-state index contributed by atoms with van der Waals surface area (Å²) in [6.07, 6.45) is -3.22. The summed E-state index contributed by atoms with van der Waals surface area (Å²) in [6, 6.07) is 9.84. The molecule has 0 spiro atoms. The van der Waals surface area contributed by atoms with Gasteiger partial charge in [-0.15, -0.1) is 0 Å². The Morgan fingerprint density at radius 2 is 1.90 bits per heavy atom. The van der Waals surface area contributed by atoms with Crippen LogP contribution in [-0.4, -0.2) is 23.7 Å². The third kappa shape index (κ3) is 2.99. The quantitative estimate of drug-likeness (QED) is 0.585. The number of aliphatic hydroxyl groups is 1. The van der Waals surface area contributed by atoms with E-state index in [-0.39, 0.29) is 17.9 Å². The van der Waals surface area contributed by atoms with E-state index < -0.39 is 23.0 Å². The van der Waals surface area contributed by atoms with Gasteiger partial charge >= 0.3 is 6.18 Å². The van der Waals surface area contributed by atoms with Crippen LogP contribution in [0.5, 0.6) is 0 Å². The number of halogens is 5. The van der Waals surface area contributed by atoms with E-state index in [1.807, 2.05) is 24.3 Å². The van der Waals surface area contributed by atoms with Crippen LogP contribution < -0.4 is 4.90 Å². The van der Waals surface area contributed by atoms with Gasteiger partial charge in [0.1, 0.15) is 0 Å². The molecular formula is C22H20BrF4NO2. The molecule has 1 aliphatic heterocycles. The molecule has 0 saturated carbocycles. The zero-order chi connectivity index (χ0) is 21.9. The molecule has 2 aromatic rings. The van der Waals surface area contributed by atoms with E-state index >= 15 is 4.39 Å². The molecule has 0 saturated heterocycles.